The molecule has 1 amide bonds. The van der Waals surface area contributed by atoms with Crippen molar-refractivity contribution in [1.29, 1.82) is 0 Å². The van der Waals surface area contributed by atoms with Gasteiger partial charge in [0.15, 0.2) is 0 Å². The van der Waals surface area contributed by atoms with Crippen LogP contribution in [-0.4, -0.2) is 15.8 Å². The van der Waals surface area contributed by atoms with E-state index in [0.29, 0.717) is 17.9 Å². The molecule has 1 N–H and O–H groups in total. The van der Waals surface area contributed by atoms with Gasteiger partial charge >= 0.3 is 0 Å². The van der Waals surface area contributed by atoms with E-state index < -0.39 is 0 Å². The standard InChI is InChI=1S/C19H20N2O3/c1-12-7-15-9-16(19(23)20-18(15)8-13(12)2)10-21(14(3)22)11-17-5-4-6-24-17/h4-9H,10-11H2,1-3H3,(H,20,23). The predicted octanol–water partition coefficient (Wildman–Crippen LogP) is 3.29. The van der Waals surface area contributed by atoms with Crippen LogP contribution >= 0.6 is 0 Å². The third kappa shape index (κ3) is 3.25. The summed E-state index contributed by atoms with van der Waals surface area (Å²) >= 11 is 0. The van der Waals surface area contributed by atoms with Crippen molar-refractivity contribution >= 4 is 16.8 Å². The maximum Gasteiger partial charge on any atom is 0.253 e. The number of carbonyl (C=O) groups excluding carboxylic acids is 1. The molecule has 1 aromatic carbocycles. The molecule has 0 aliphatic heterocycles. The first-order valence-corrected chi connectivity index (χ1v) is 7.85. The van der Waals surface area contributed by atoms with Gasteiger partial charge in [-0.1, -0.05) is 0 Å². The number of fused-ring (bicyclic) bond motifs is 1. The number of rotatable bonds is 4. The Labute approximate surface area is 139 Å². The molecule has 0 aliphatic rings. The molecule has 2 heterocycles. The van der Waals surface area contributed by atoms with Crippen molar-refractivity contribution in [2.24, 2.45) is 0 Å². The fraction of sp³-hybridized carbons (Fsp3) is 0.263. The fourth-order valence-corrected chi connectivity index (χ4v) is 2.71. The van der Waals surface area contributed by atoms with Gasteiger partial charge in [0.2, 0.25) is 5.91 Å². The van der Waals surface area contributed by atoms with E-state index in [0.717, 1.165) is 16.5 Å². The summed E-state index contributed by atoms with van der Waals surface area (Å²) in [4.78, 5) is 28.8. The second-order valence-electron chi connectivity index (χ2n) is 6.10. The van der Waals surface area contributed by atoms with E-state index in [4.69, 9.17) is 4.42 Å². The number of carbonyl (C=O) groups is 1. The highest BCUT2D eigenvalue weighted by Gasteiger charge is 2.14. The average Bonchev–Trinajstić information content (AvgIpc) is 3.02. The Morgan fingerprint density at radius 1 is 1.17 bits per heavy atom. The van der Waals surface area contributed by atoms with Crippen LogP contribution in [0, 0.1) is 13.8 Å². The third-order valence-corrected chi connectivity index (χ3v) is 4.27. The predicted molar refractivity (Wildman–Crippen MR) is 92.7 cm³/mol. The molecule has 0 unspecified atom stereocenters. The molecule has 5 heteroatoms. The molecule has 0 spiro atoms. The van der Waals surface area contributed by atoms with Crippen LogP contribution in [-0.2, 0) is 17.9 Å². The molecule has 0 fully saturated rings. The smallest absolute Gasteiger partial charge is 0.253 e. The Kier molecular flexibility index (Phi) is 4.25. The largest absolute Gasteiger partial charge is 0.467 e. The van der Waals surface area contributed by atoms with Gasteiger partial charge in [0.25, 0.3) is 5.56 Å². The van der Waals surface area contributed by atoms with Crippen LogP contribution in [0.3, 0.4) is 0 Å². The van der Waals surface area contributed by atoms with Crippen LogP contribution in [0.25, 0.3) is 10.9 Å². The number of pyridine rings is 1. The zero-order valence-electron chi connectivity index (χ0n) is 14.1. The van der Waals surface area contributed by atoms with Gasteiger partial charge in [-0.2, -0.15) is 0 Å². The van der Waals surface area contributed by atoms with Crippen LogP contribution in [0.1, 0.15) is 29.4 Å². The number of aromatic nitrogens is 1. The molecule has 2 aromatic heterocycles. The Morgan fingerprint density at radius 3 is 2.58 bits per heavy atom. The molecule has 3 aromatic rings. The normalized spacial score (nSPS) is 11.0. The molecule has 0 aliphatic carbocycles. The summed E-state index contributed by atoms with van der Waals surface area (Å²) in [7, 11) is 0. The highest BCUT2D eigenvalue weighted by molar-refractivity contribution is 5.81. The lowest BCUT2D eigenvalue weighted by Gasteiger charge is -2.19. The zero-order chi connectivity index (χ0) is 17.3. The summed E-state index contributed by atoms with van der Waals surface area (Å²) in [6.45, 7) is 6.13. The summed E-state index contributed by atoms with van der Waals surface area (Å²) in [5.41, 5.74) is 3.50. The number of aromatic amines is 1. The SMILES string of the molecule is CC(=O)N(Cc1ccco1)Cc1cc2cc(C)c(C)cc2[nH]c1=O. The molecule has 0 radical (unpaired) electrons. The van der Waals surface area contributed by atoms with Crippen molar-refractivity contribution in [3.8, 4) is 0 Å². The number of amides is 1. The highest BCUT2D eigenvalue weighted by Crippen LogP contribution is 2.18. The monoisotopic (exact) mass is 324 g/mol. The molecule has 0 saturated heterocycles. The minimum atomic E-state index is -0.170. The third-order valence-electron chi connectivity index (χ3n) is 4.27. The minimum Gasteiger partial charge on any atom is -0.467 e. The van der Waals surface area contributed by atoms with Gasteiger partial charge in [-0.25, -0.2) is 0 Å². The summed E-state index contributed by atoms with van der Waals surface area (Å²) in [5.74, 6) is 0.583. The van der Waals surface area contributed by atoms with Crippen molar-refractivity contribution in [3.05, 3.63) is 69.4 Å². The van der Waals surface area contributed by atoms with Crippen molar-refractivity contribution < 1.29 is 9.21 Å². The number of furan rings is 1. The fourth-order valence-electron chi connectivity index (χ4n) is 2.71. The van der Waals surface area contributed by atoms with E-state index in [1.54, 1.807) is 17.2 Å². The number of benzene rings is 1. The summed E-state index contributed by atoms with van der Waals surface area (Å²) < 4.78 is 5.30. The van der Waals surface area contributed by atoms with Crippen molar-refractivity contribution in [2.45, 2.75) is 33.9 Å². The van der Waals surface area contributed by atoms with Gasteiger partial charge in [-0.3, -0.25) is 9.59 Å². The summed E-state index contributed by atoms with van der Waals surface area (Å²) in [5, 5.41) is 0.967. The Hall–Kier alpha value is -2.82. The number of nitrogens with zero attached hydrogens (tertiary/aromatic N) is 1. The molecule has 5 nitrogen and oxygen atoms in total. The number of H-pyrrole nitrogens is 1. The average molecular weight is 324 g/mol. The zero-order valence-corrected chi connectivity index (χ0v) is 14.1. The van der Waals surface area contributed by atoms with Crippen molar-refractivity contribution in [2.75, 3.05) is 0 Å². The van der Waals surface area contributed by atoms with E-state index >= 15 is 0 Å². The van der Waals surface area contributed by atoms with Gasteiger partial charge in [-0.15, -0.1) is 0 Å². The molecular weight excluding hydrogens is 304 g/mol. The Morgan fingerprint density at radius 2 is 1.92 bits per heavy atom. The highest BCUT2D eigenvalue weighted by atomic mass is 16.3. The quantitative estimate of drug-likeness (QED) is 0.801. The summed E-state index contributed by atoms with van der Waals surface area (Å²) in [6.07, 6.45) is 1.57. The molecule has 124 valence electrons. The van der Waals surface area contributed by atoms with Crippen LogP contribution in [0.15, 0.2) is 45.8 Å². The van der Waals surface area contributed by atoms with Gasteiger partial charge in [0.1, 0.15) is 5.76 Å². The first-order chi connectivity index (χ1) is 11.4. The minimum absolute atomic E-state index is 0.106. The lowest BCUT2D eigenvalue weighted by atomic mass is 10.0. The Bertz CT molecular complexity index is 939. The maximum atomic E-state index is 12.4. The number of hydrogen-bond acceptors (Lipinski definition) is 3. The van der Waals surface area contributed by atoms with Crippen molar-refractivity contribution in [3.63, 3.8) is 0 Å². The van der Waals surface area contributed by atoms with Crippen molar-refractivity contribution in [1.82, 2.24) is 9.88 Å². The first-order valence-electron chi connectivity index (χ1n) is 7.85. The molecule has 0 atom stereocenters. The number of aryl methyl sites for hydroxylation is 2. The van der Waals surface area contributed by atoms with E-state index in [-0.39, 0.29) is 18.0 Å². The van der Waals surface area contributed by atoms with Gasteiger partial charge in [0.05, 0.1) is 19.4 Å². The first kappa shape index (κ1) is 16.1. The van der Waals surface area contributed by atoms with Gasteiger partial charge in [0, 0.05) is 18.0 Å². The van der Waals surface area contributed by atoms with Crippen LogP contribution in [0.2, 0.25) is 0 Å². The second-order valence-corrected chi connectivity index (χ2v) is 6.10. The molecular formula is C19H20N2O3. The molecule has 24 heavy (non-hydrogen) atoms. The van der Waals surface area contributed by atoms with Crippen LogP contribution in [0.4, 0.5) is 0 Å². The topological polar surface area (TPSA) is 66.3 Å². The van der Waals surface area contributed by atoms with Crippen LogP contribution in [0.5, 0.6) is 0 Å². The van der Waals surface area contributed by atoms with Crippen LogP contribution < -0.4 is 5.56 Å². The van der Waals surface area contributed by atoms with E-state index in [1.165, 1.54) is 12.5 Å². The lowest BCUT2D eigenvalue weighted by molar-refractivity contribution is -0.130. The number of hydrogen-bond donors (Lipinski definition) is 1. The van der Waals surface area contributed by atoms with Gasteiger partial charge < -0.3 is 14.3 Å². The number of nitrogens with one attached hydrogen (secondary N) is 1. The second kappa shape index (κ2) is 6.35. The van der Waals surface area contributed by atoms with E-state index in [9.17, 15) is 9.59 Å². The van der Waals surface area contributed by atoms with E-state index in [2.05, 4.69) is 11.1 Å². The van der Waals surface area contributed by atoms with Gasteiger partial charge in [-0.05, 0) is 60.7 Å². The molecule has 3 rings (SSSR count). The summed E-state index contributed by atoms with van der Waals surface area (Å²) in [6, 6.07) is 9.48. The molecule has 0 bridgehead atoms. The van der Waals surface area contributed by atoms with E-state index in [1.807, 2.05) is 32.0 Å². The Balaban J connectivity index is 1.95. The molecule has 0 saturated carbocycles. The lowest BCUT2D eigenvalue weighted by Crippen LogP contribution is -2.30. The maximum absolute atomic E-state index is 12.4.